The molecule has 0 unspecified atom stereocenters. The van der Waals surface area contributed by atoms with E-state index in [2.05, 4.69) is 4.98 Å². The minimum atomic E-state index is -0.222. The molecule has 3 aromatic rings. The highest BCUT2D eigenvalue weighted by atomic mass is 32.2. The zero-order valence-electron chi connectivity index (χ0n) is 11.6. The van der Waals surface area contributed by atoms with Gasteiger partial charge in [0.2, 0.25) is 0 Å². The van der Waals surface area contributed by atoms with Gasteiger partial charge in [0.05, 0.1) is 5.52 Å². The lowest BCUT2D eigenvalue weighted by atomic mass is 10.1. The van der Waals surface area contributed by atoms with E-state index in [4.69, 9.17) is 5.73 Å². The molecule has 1 aromatic heterocycles. The first-order chi connectivity index (χ1) is 10.1. The molecule has 0 saturated heterocycles. The van der Waals surface area contributed by atoms with Gasteiger partial charge in [-0.25, -0.2) is 4.39 Å². The second-order valence-electron chi connectivity index (χ2n) is 4.95. The molecule has 21 heavy (non-hydrogen) atoms. The summed E-state index contributed by atoms with van der Waals surface area (Å²) in [5.41, 5.74) is 9.42. The molecular formula is C17H15FN2S. The van der Waals surface area contributed by atoms with Crippen LogP contribution < -0.4 is 5.73 Å². The summed E-state index contributed by atoms with van der Waals surface area (Å²) < 4.78 is 13.7. The molecule has 1 heterocycles. The Morgan fingerprint density at radius 2 is 2.05 bits per heavy atom. The van der Waals surface area contributed by atoms with Gasteiger partial charge in [-0.15, -0.1) is 11.8 Å². The molecule has 0 aliphatic heterocycles. The molecule has 0 atom stereocenters. The second kappa shape index (κ2) is 5.74. The molecule has 2 N–H and O–H groups in total. The lowest BCUT2D eigenvalue weighted by molar-refractivity contribution is 0.628. The topological polar surface area (TPSA) is 38.9 Å². The summed E-state index contributed by atoms with van der Waals surface area (Å²) in [5.74, 6) is 0.455. The quantitative estimate of drug-likeness (QED) is 0.569. The molecule has 0 aliphatic carbocycles. The van der Waals surface area contributed by atoms with Crippen LogP contribution in [0.1, 0.15) is 11.1 Å². The summed E-state index contributed by atoms with van der Waals surface area (Å²) >= 11 is 1.67. The molecule has 4 heteroatoms. The lowest BCUT2D eigenvalue weighted by Crippen LogP contribution is -1.91. The maximum Gasteiger partial charge on any atom is 0.124 e. The van der Waals surface area contributed by atoms with Gasteiger partial charge in [-0.05, 0) is 54.4 Å². The molecule has 106 valence electrons. The van der Waals surface area contributed by atoms with Gasteiger partial charge >= 0.3 is 0 Å². The van der Waals surface area contributed by atoms with Gasteiger partial charge in [-0.2, -0.15) is 0 Å². The molecule has 2 aromatic carbocycles. The number of thioether (sulfide) groups is 1. The van der Waals surface area contributed by atoms with Crippen molar-refractivity contribution in [2.24, 2.45) is 0 Å². The second-order valence-corrected chi connectivity index (χ2v) is 5.97. The standard InChI is InChI=1S/C17H15FN2S/c1-11-7-15(19)4-5-16(11)21-10-13-9-14(18)8-12-3-2-6-20-17(12)13/h2-9H,10,19H2,1H3. The van der Waals surface area contributed by atoms with E-state index in [1.54, 1.807) is 24.0 Å². The van der Waals surface area contributed by atoms with Crippen molar-refractivity contribution in [2.75, 3.05) is 5.73 Å². The van der Waals surface area contributed by atoms with E-state index in [0.717, 1.165) is 32.6 Å². The van der Waals surface area contributed by atoms with E-state index in [-0.39, 0.29) is 5.82 Å². The number of hydrogen-bond acceptors (Lipinski definition) is 3. The van der Waals surface area contributed by atoms with Crippen molar-refractivity contribution in [1.29, 1.82) is 0 Å². The summed E-state index contributed by atoms with van der Waals surface area (Å²) in [7, 11) is 0. The molecule has 0 fully saturated rings. The minimum absolute atomic E-state index is 0.222. The van der Waals surface area contributed by atoms with Crippen LogP contribution in [0.15, 0.2) is 53.6 Å². The fraction of sp³-hybridized carbons (Fsp3) is 0.118. The van der Waals surface area contributed by atoms with Crippen molar-refractivity contribution in [3.63, 3.8) is 0 Å². The van der Waals surface area contributed by atoms with Crippen LogP contribution in [0, 0.1) is 12.7 Å². The van der Waals surface area contributed by atoms with Crippen LogP contribution in [0.3, 0.4) is 0 Å². The van der Waals surface area contributed by atoms with Crippen molar-refractivity contribution < 1.29 is 4.39 Å². The van der Waals surface area contributed by atoms with Crippen molar-refractivity contribution in [3.8, 4) is 0 Å². The van der Waals surface area contributed by atoms with Crippen LogP contribution in [0.4, 0.5) is 10.1 Å². The van der Waals surface area contributed by atoms with Gasteiger partial charge in [0.25, 0.3) is 0 Å². The first-order valence-corrected chi connectivity index (χ1v) is 7.64. The number of nitrogens with two attached hydrogens (primary N) is 1. The number of pyridine rings is 1. The third kappa shape index (κ3) is 3.00. The van der Waals surface area contributed by atoms with E-state index in [1.807, 2.05) is 37.3 Å². The monoisotopic (exact) mass is 298 g/mol. The number of fused-ring (bicyclic) bond motifs is 1. The molecule has 0 radical (unpaired) electrons. The zero-order valence-corrected chi connectivity index (χ0v) is 12.5. The summed E-state index contributed by atoms with van der Waals surface area (Å²) in [5, 5.41) is 0.835. The molecule has 3 rings (SSSR count). The number of nitrogen functional groups attached to an aromatic ring is 1. The molecule has 0 bridgehead atoms. The summed E-state index contributed by atoms with van der Waals surface area (Å²) in [6.07, 6.45) is 1.74. The van der Waals surface area contributed by atoms with Gasteiger partial charge in [0.1, 0.15) is 5.82 Å². The highest BCUT2D eigenvalue weighted by Gasteiger charge is 2.07. The van der Waals surface area contributed by atoms with Crippen LogP contribution in [0.25, 0.3) is 10.9 Å². The number of nitrogens with zero attached hydrogens (tertiary/aromatic N) is 1. The maximum absolute atomic E-state index is 13.7. The Kier molecular flexibility index (Phi) is 3.80. The molecular weight excluding hydrogens is 283 g/mol. The summed E-state index contributed by atoms with van der Waals surface area (Å²) in [6.45, 7) is 2.03. The normalized spacial score (nSPS) is 11.0. The van der Waals surface area contributed by atoms with E-state index in [1.165, 1.54) is 6.07 Å². The van der Waals surface area contributed by atoms with Crippen LogP contribution in [-0.4, -0.2) is 4.98 Å². The average molecular weight is 298 g/mol. The predicted molar refractivity (Wildman–Crippen MR) is 86.9 cm³/mol. The van der Waals surface area contributed by atoms with Gasteiger partial charge in [0.15, 0.2) is 0 Å². The van der Waals surface area contributed by atoms with Gasteiger partial charge in [0, 0.05) is 27.9 Å². The number of halogens is 1. The number of rotatable bonds is 3. The first kappa shape index (κ1) is 13.9. The van der Waals surface area contributed by atoms with E-state index in [0.29, 0.717) is 5.75 Å². The number of benzene rings is 2. The van der Waals surface area contributed by atoms with E-state index in [9.17, 15) is 4.39 Å². The van der Waals surface area contributed by atoms with Gasteiger partial charge < -0.3 is 5.73 Å². The van der Waals surface area contributed by atoms with Crippen molar-refractivity contribution in [2.45, 2.75) is 17.6 Å². The first-order valence-electron chi connectivity index (χ1n) is 6.65. The molecule has 0 amide bonds. The fourth-order valence-corrected chi connectivity index (χ4v) is 3.31. The average Bonchev–Trinajstić information content (AvgIpc) is 2.46. The Morgan fingerprint density at radius 1 is 1.19 bits per heavy atom. The molecule has 2 nitrogen and oxygen atoms in total. The van der Waals surface area contributed by atoms with Crippen LogP contribution >= 0.6 is 11.8 Å². The molecule has 0 spiro atoms. The number of aryl methyl sites for hydroxylation is 1. The van der Waals surface area contributed by atoms with Crippen molar-refractivity contribution in [3.05, 3.63) is 65.6 Å². The zero-order chi connectivity index (χ0) is 14.8. The van der Waals surface area contributed by atoms with E-state index >= 15 is 0 Å². The number of hydrogen-bond donors (Lipinski definition) is 1. The van der Waals surface area contributed by atoms with E-state index < -0.39 is 0 Å². The van der Waals surface area contributed by atoms with Crippen LogP contribution in [0.2, 0.25) is 0 Å². The van der Waals surface area contributed by atoms with Crippen LogP contribution in [-0.2, 0) is 5.75 Å². The molecule has 0 saturated carbocycles. The fourth-order valence-electron chi connectivity index (χ4n) is 2.33. The highest BCUT2D eigenvalue weighted by Crippen LogP contribution is 2.30. The lowest BCUT2D eigenvalue weighted by Gasteiger charge is -2.09. The Bertz CT molecular complexity index is 802. The third-order valence-corrected chi connectivity index (χ3v) is 4.56. The predicted octanol–water partition coefficient (Wildman–Crippen LogP) is 4.56. The van der Waals surface area contributed by atoms with Crippen molar-refractivity contribution >= 4 is 28.4 Å². The Hall–Kier alpha value is -2.07. The highest BCUT2D eigenvalue weighted by molar-refractivity contribution is 7.98. The SMILES string of the molecule is Cc1cc(N)ccc1SCc1cc(F)cc2cccnc12. The number of anilines is 1. The summed E-state index contributed by atoms with van der Waals surface area (Å²) in [4.78, 5) is 5.52. The third-order valence-electron chi connectivity index (χ3n) is 3.33. The minimum Gasteiger partial charge on any atom is -0.399 e. The van der Waals surface area contributed by atoms with Gasteiger partial charge in [-0.3, -0.25) is 4.98 Å². The van der Waals surface area contributed by atoms with Crippen molar-refractivity contribution in [1.82, 2.24) is 4.98 Å². The molecule has 0 aliphatic rings. The number of aromatic nitrogens is 1. The Labute approximate surface area is 127 Å². The van der Waals surface area contributed by atoms with Gasteiger partial charge in [-0.1, -0.05) is 6.07 Å². The Balaban J connectivity index is 1.91. The smallest absolute Gasteiger partial charge is 0.124 e. The van der Waals surface area contributed by atoms with Crippen LogP contribution in [0.5, 0.6) is 0 Å². The largest absolute Gasteiger partial charge is 0.399 e. The Morgan fingerprint density at radius 3 is 2.86 bits per heavy atom. The summed E-state index contributed by atoms with van der Waals surface area (Å²) in [6, 6.07) is 12.6. The maximum atomic E-state index is 13.7.